The van der Waals surface area contributed by atoms with Crippen LogP contribution < -0.4 is 5.73 Å². The minimum absolute atomic E-state index is 0.412. The molecule has 0 radical (unpaired) electrons. The number of nitrogens with two attached hydrogens (primary N) is 1. The molecule has 0 aromatic carbocycles. The number of nitrogens with zero attached hydrogens (tertiary/aromatic N) is 1. The molecule has 2 heteroatoms. The van der Waals surface area contributed by atoms with Crippen molar-refractivity contribution < 1.29 is 0 Å². The highest BCUT2D eigenvalue weighted by molar-refractivity contribution is 4.88. The van der Waals surface area contributed by atoms with E-state index in [4.69, 9.17) is 5.73 Å². The van der Waals surface area contributed by atoms with E-state index in [0.717, 1.165) is 6.04 Å². The van der Waals surface area contributed by atoms with Gasteiger partial charge in [-0.25, -0.2) is 0 Å². The molecule has 0 saturated carbocycles. The van der Waals surface area contributed by atoms with E-state index in [-0.39, 0.29) is 0 Å². The van der Waals surface area contributed by atoms with Crippen molar-refractivity contribution in [1.82, 2.24) is 4.90 Å². The summed E-state index contributed by atoms with van der Waals surface area (Å²) < 4.78 is 0. The van der Waals surface area contributed by atoms with E-state index in [9.17, 15) is 0 Å². The van der Waals surface area contributed by atoms with Crippen LogP contribution in [0, 0.1) is 5.92 Å². The summed E-state index contributed by atoms with van der Waals surface area (Å²) in [5, 5.41) is 0. The lowest BCUT2D eigenvalue weighted by Gasteiger charge is -2.44. The maximum absolute atomic E-state index is 6.10. The van der Waals surface area contributed by atoms with E-state index in [2.05, 4.69) is 32.6 Å². The number of piperidine rings is 1. The number of hydrogen-bond donors (Lipinski definition) is 1. The van der Waals surface area contributed by atoms with Crippen LogP contribution >= 0.6 is 0 Å². The predicted octanol–water partition coefficient (Wildman–Crippen LogP) is 2.62. The molecule has 2 nitrogen and oxygen atoms in total. The lowest BCUT2D eigenvalue weighted by molar-refractivity contribution is 0.0588. The second-order valence-electron chi connectivity index (χ2n) is 5.28. The van der Waals surface area contributed by atoms with Crippen LogP contribution in [-0.4, -0.2) is 29.6 Å². The van der Waals surface area contributed by atoms with Crippen LogP contribution in [0.4, 0.5) is 0 Å². The normalized spacial score (nSPS) is 35.4. The summed E-state index contributed by atoms with van der Waals surface area (Å²) in [7, 11) is 0. The molecule has 4 atom stereocenters. The monoisotopic (exact) mass is 212 g/mol. The molecule has 90 valence electrons. The van der Waals surface area contributed by atoms with Gasteiger partial charge in [0.2, 0.25) is 0 Å². The molecule has 0 amide bonds. The van der Waals surface area contributed by atoms with Crippen LogP contribution in [-0.2, 0) is 0 Å². The van der Waals surface area contributed by atoms with Crippen molar-refractivity contribution in [2.45, 2.75) is 71.5 Å². The first kappa shape index (κ1) is 13.0. The Morgan fingerprint density at radius 2 is 2.07 bits per heavy atom. The van der Waals surface area contributed by atoms with Gasteiger partial charge in [0.25, 0.3) is 0 Å². The lowest BCUT2D eigenvalue weighted by Crippen LogP contribution is -2.54. The van der Waals surface area contributed by atoms with Gasteiger partial charge in [-0.3, -0.25) is 4.90 Å². The van der Waals surface area contributed by atoms with Gasteiger partial charge in [0.05, 0.1) is 0 Å². The minimum atomic E-state index is 0.412. The van der Waals surface area contributed by atoms with Gasteiger partial charge >= 0.3 is 0 Å². The average Bonchev–Trinajstić information content (AvgIpc) is 2.23. The minimum Gasteiger partial charge on any atom is -0.327 e. The third-order valence-corrected chi connectivity index (χ3v) is 4.22. The smallest absolute Gasteiger partial charge is 0.0110 e. The molecule has 1 fully saturated rings. The molecule has 1 aliphatic rings. The highest BCUT2D eigenvalue weighted by Crippen LogP contribution is 2.25. The summed E-state index contributed by atoms with van der Waals surface area (Å²) in [5.41, 5.74) is 6.10. The molecule has 2 N–H and O–H groups in total. The molecule has 1 heterocycles. The topological polar surface area (TPSA) is 29.3 Å². The van der Waals surface area contributed by atoms with Gasteiger partial charge in [-0.05, 0) is 32.6 Å². The molecule has 0 spiro atoms. The van der Waals surface area contributed by atoms with E-state index < -0.39 is 0 Å². The van der Waals surface area contributed by atoms with E-state index >= 15 is 0 Å². The number of rotatable bonds is 4. The van der Waals surface area contributed by atoms with Crippen LogP contribution in [0.3, 0.4) is 0 Å². The second kappa shape index (κ2) is 5.86. The van der Waals surface area contributed by atoms with Crippen molar-refractivity contribution in [3.05, 3.63) is 0 Å². The molecular formula is C13H28N2. The zero-order chi connectivity index (χ0) is 11.4. The van der Waals surface area contributed by atoms with Gasteiger partial charge in [0.15, 0.2) is 0 Å². The Balaban J connectivity index is 2.47. The van der Waals surface area contributed by atoms with Crippen LogP contribution in [0.2, 0.25) is 0 Å². The zero-order valence-corrected chi connectivity index (χ0v) is 10.9. The third kappa shape index (κ3) is 3.18. The molecule has 0 aromatic rings. The summed E-state index contributed by atoms with van der Waals surface area (Å²) in [5.74, 6) is 0.642. The fourth-order valence-electron chi connectivity index (χ4n) is 2.71. The van der Waals surface area contributed by atoms with Crippen LogP contribution in [0.1, 0.15) is 53.4 Å². The van der Waals surface area contributed by atoms with Gasteiger partial charge < -0.3 is 5.73 Å². The van der Waals surface area contributed by atoms with Gasteiger partial charge in [-0.15, -0.1) is 0 Å². The average molecular weight is 212 g/mol. The number of unbranched alkanes of at least 4 members (excludes halogenated alkanes) is 1. The Hall–Kier alpha value is -0.0800. The second-order valence-corrected chi connectivity index (χ2v) is 5.28. The number of hydrogen-bond acceptors (Lipinski definition) is 2. The number of likely N-dealkylation sites (tertiary alicyclic amines) is 1. The molecule has 0 bridgehead atoms. The van der Waals surface area contributed by atoms with Gasteiger partial charge in [-0.1, -0.05) is 26.7 Å². The molecular weight excluding hydrogens is 184 g/mol. The fraction of sp³-hybridized carbons (Fsp3) is 1.00. The first-order valence-electron chi connectivity index (χ1n) is 6.59. The summed E-state index contributed by atoms with van der Waals surface area (Å²) >= 11 is 0. The molecule has 4 unspecified atom stereocenters. The van der Waals surface area contributed by atoms with Crippen LogP contribution in [0.5, 0.6) is 0 Å². The van der Waals surface area contributed by atoms with Crippen molar-refractivity contribution in [2.75, 3.05) is 6.54 Å². The summed E-state index contributed by atoms with van der Waals surface area (Å²) in [4.78, 5) is 2.66. The summed E-state index contributed by atoms with van der Waals surface area (Å²) in [6.45, 7) is 10.5. The lowest BCUT2D eigenvalue weighted by atomic mass is 9.86. The van der Waals surface area contributed by atoms with Gasteiger partial charge in [0, 0.05) is 24.7 Å². The first-order chi connectivity index (χ1) is 7.07. The molecule has 1 saturated heterocycles. The highest BCUT2D eigenvalue weighted by Gasteiger charge is 2.32. The van der Waals surface area contributed by atoms with E-state index in [1.807, 2.05) is 0 Å². The molecule has 15 heavy (non-hydrogen) atoms. The molecule has 0 aliphatic carbocycles. The van der Waals surface area contributed by atoms with Gasteiger partial charge in [-0.2, -0.15) is 0 Å². The zero-order valence-electron chi connectivity index (χ0n) is 10.9. The maximum Gasteiger partial charge on any atom is 0.0110 e. The summed E-state index contributed by atoms with van der Waals surface area (Å²) in [6.07, 6.45) is 5.16. The molecule has 0 aromatic heterocycles. The predicted molar refractivity (Wildman–Crippen MR) is 66.9 cm³/mol. The van der Waals surface area contributed by atoms with E-state index in [1.54, 1.807) is 0 Å². The van der Waals surface area contributed by atoms with Crippen LogP contribution in [0.25, 0.3) is 0 Å². The Bertz CT molecular complexity index is 181. The molecule has 1 rings (SSSR count). The standard InChI is InChI=1S/C13H28N2/c1-5-6-7-10(2)15-9-8-13(14)11(3)12(15)4/h10-13H,5-9,14H2,1-4H3. The van der Waals surface area contributed by atoms with Crippen molar-refractivity contribution >= 4 is 0 Å². The SMILES string of the molecule is CCCCC(C)N1CCC(N)C(C)C1C. The Labute approximate surface area is 95.2 Å². The Kier molecular flexibility index (Phi) is 5.07. The largest absolute Gasteiger partial charge is 0.327 e. The van der Waals surface area contributed by atoms with Crippen LogP contribution in [0.15, 0.2) is 0 Å². The van der Waals surface area contributed by atoms with E-state index in [0.29, 0.717) is 18.0 Å². The Morgan fingerprint density at radius 1 is 1.40 bits per heavy atom. The van der Waals surface area contributed by atoms with Crippen molar-refractivity contribution in [2.24, 2.45) is 11.7 Å². The fourth-order valence-corrected chi connectivity index (χ4v) is 2.71. The maximum atomic E-state index is 6.10. The van der Waals surface area contributed by atoms with Crippen molar-refractivity contribution in [3.63, 3.8) is 0 Å². The molecule has 1 aliphatic heterocycles. The third-order valence-electron chi connectivity index (χ3n) is 4.22. The Morgan fingerprint density at radius 3 is 2.67 bits per heavy atom. The quantitative estimate of drug-likeness (QED) is 0.776. The first-order valence-corrected chi connectivity index (χ1v) is 6.59. The van der Waals surface area contributed by atoms with Crippen molar-refractivity contribution in [1.29, 1.82) is 0 Å². The van der Waals surface area contributed by atoms with Gasteiger partial charge in [0.1, 0.15) is 0 Å². The van der Waals surface area contributed by atoms with Crippen molar-refractivity contribution in [3.8, 4) is 0 Å². The summed E-state index contributed by atoms with van der Waals surface area (Å²) in [6, 6.07) is 1.80. The highest BCUT2D eigenvalue weighted by atomic mass is 15.2. The van der Waals surface area contributed by atoms with E-state index in [1.165, 1.54) is 32.2 Å².